The number of aromatic nitrogens is 2. The molecule has 0 bridgehead atoms. The maximum atomic E-state index is 5.89. The molecule has 94 valence electrons. The lowest BCUT2D eigenvalue weighted by Crippen LogP contribution is -2.10. The van der Waals surface area contributed by atoms with Crippen LogP contribution in [0.3, 0.4) is 0 Å². The van der Waals surface area contributed by atoms with Crippen LogP contribution in [0, 0.1) is 0 Å². The lowest BCUT2D eigenvalue weighted by Gasteiger charge is -2.09. The van der Waals surface area contributed by atoms with Crippen LogP contribution >= 0.6 is 27.5 Å². The lowest BCUT2D eigenvalue weighted by atomic mass is 10.2. The molecule has 5 nitrogen and oxygen atoms in total. The predicted molar refractivity (Wildman–Crippen MR) is 73.3 cm³/mol. The number of halogens is 2. The molecule has 3 N–H and O–H groups in total. The summed E-state index contributed by atoms with van der Waals surface area (Å²) in [6.07, 6.45) is 1.37. The second-order valence-corrected chi connectivity index (χ2v) is 4.63. The maximum Gasteiger partial charge on any atom is 0.233 e. The fourth-order valence-electron chi connectivity index (χ4n) is 1.33. The van der Waals surface area contributed by atoms with Crippen LogP contribution in [0.5, 0.6) is 5.88 Å². The van der Waals surface area contributed by atoms with Gasteiger partial charge < -0.3 is 10.2 Å². The van der Waals surface area contributed by atoms with E-state index in [0.717, 1.165) is 5.56 Å². The summed E-state index contributed by atoms with van der Waals surface area (Å²) in [6.45, 7) is 0.361. The van der Waals surface area contributed by atoms with Gasteiger partial charge in [0.15, 0.2) is 5.82 Å². The van der Waals surface area contributed by atoms with E-state index >= 15 is 0 Å². The largest absolute Gasteiger partial charge is 0.472 e. The minimum absolute atomic E-state index is 0.361. The summed E-state index contributed by atoms with van der Waals surface area (Å²) in [5.74, 6) is 6.18. The Hall–Kier alpha value is -1.37. The molecule has 1 aromatic carbocycles. The van der Waals surface area contributed by atoms with Gasteiger partial charge in [0.2, 0.25) is 5.88 Å². The Labute approximate surface area is 117 Å². The number of benzene rings is 1. The number of nitrogen functional groups attached to an aromatic ring is 1. The summed E-state index contributed by atoms with van der Waals surface area (Å²) in [6, 6.07) is 7.42. The lowest BCUT2D eigenvalue weighted by molar-refractivity contribution is 0.291. The molecule has 0 unspecified atom stereocenters. The second-order valence-electron chi connectivity index (χ2n) is 3.40. The zero-order chi connectivity index (χ0) is 13.0. The van der Waals surface area contributed by atoms with E-state index in [2.05, 4.69) is 31.3 Å². The van der Waals surface area contributed by atoms with E-state index < -0.39 is 0 Å². The molecule has 0 fully saturated rings. The Bertz CT molecular complexity index is 552. The summed E-state index contributed by atoms with van der Waals surface area (Å²) in [5.41, 5.74) is 3.40. The fraction of sp³-hybridized carbons (Fsp3) is 0.0909. The van der Waals surface area contributed by atoms with Crippen LogP contribution in [0.1, 0.15) is 5.56 Å². The molecule has 1 aromatic heterocycles. The quantitative estimate of drug-likeness (QED) is 0.666. The molecule has 7 heteroatoms. The highest BCUT2D eigenvalue weighted by Crippen LogP contribution is 2.28. The molecule has 2 rings (SSSR count). The molecule has 0 saturated heterocycles. The average molecular weight is 330 g/mol. The molecule has 0 aliphatic carbocycles. The van der Waals surface area contributed by atoms with Crippen LogP contribution in [-0.4, -0.2) is 9.97 Å². The third-order valence-corrected chi connectivity index (χ3v) is 3.11. The molecule has 0 aliphatic rings. The van der Waals surface area contributed by atoms with Crippen molar-refractivity contribution in [1.82, 2.24) is 9.97 Å². The van der Waals surface area contributed by atoms with Gasteiger partial charge in [0.05, 0.1) is 0 Å². The van der Waals surface area contributed by atoms with Crippen molar-refractivity contribution in [3.05, 3.63) is 45.7 Å². The Morgan fingerprint density at radius 1 is 1.39 bits per heavy atom. The van der Waals surface area contributed by atoms with Gasteiger partial charge in [0, 0.05) is 5.02 Å². The number of hydrazine groups is 1. The number of nitrogens with one attached hydrogen (secondary N) is 1. The van der Waals surface area contributed by atoms with Crippen molar-refractivity contribution in [3.8, 4) is 5.88 Å². The number of ether oxygens (including phenoxy) is 1. The summed E-state index contributed by atoms with van der Waals surface area (Å²) < 4.78 is 6.15. The Morgan fingerprint density at radius 2 is 2.22 bits per heavy atom. The van der Waals surface area contributed by atoms with Crippen molar-refractivity contribution in [2.45, 2.75) is 6.61 Å². The molecule has 0 atom stereocenters. The smallest absolute Gasteiger partial charge is 0.233 e. The number of hydrogen-bond donors (Lipinski definition) is 2. The van der Waals surface area contributed by atoms with E-state index in [1.165, 1.54) is 6.33 Å². The molecule has 0 spiro atoms. The van der Waals surface area contributed by atoms with Crippen LogP contribution in [0.25, 0.3) is 0 Å². The first kappa shape index (κ1) is 13.1. The van der Waals surface area contributed by atoms with Gasteiger partial charge in [-0.2, -0.15) is 0 Å². The van der Waals surface area contributed by atoms with E-state index in [0.29, 0.717) is 27.8 Å². The van der Waals surface area contributed by atoms with Crippen molar-refractivity contribution >= 4 is 33.3 Å². The molecular formula is C11H10BrClN4O. The first-order chi connectivity index (χ1) is 8.70. The Kier molecular flexibility index (Phi) is 4.35. The van der Waals surface area contributed by atoms with Crippen LogP contribution in [0.2, 0.25) is 5.02 Å². The normalized spacial score (nSPS) is 10.2. The second kappa shape index (κ2) is 5.99. The van der Waals surface area contributed by atoms with E-state index in [-0.39, 0.29) is 0 Å². The van der Waals surface area contributed by atoms with Crippen LogP contribution in [0.15, 0.2) is 35.1 Å². The van der Waals surface area contributed by atoms with Gasteiger partial charge in [0.1, 0.15) is 17.4 Å². The minimum Gasteiger partial charge on any atom is -0.472 e. The van der Waals surface area contributed by atoms with Gasteiger partial charge in [0.25, 0.3) is 0 Å². The molecule has 1 heterocycles. The van der Waals surface area contributed by atoms with E-state index in [4.69, 9.17) is 22.2 Å². The molecular weight excluding hydrogens is 320 g/mol. The van der Waals surface area contributed by atoms with Crippen molar-refractivity contribution in [3.63, 3.8) is 0 Å². The molecule has 0 radical (unpaired) electrons. The highest BCUT2D eigenvalue weighted by Gasteiger charge is 2.09. The first-order valence-corrected chi connectivity index (χ1v) is 6.22. The summed E-state index contributed by atoms with van der Waals surface area (Å²) >= 11 is 9.20. The Balaban J connectivity index is 2.11. The van der Waals surface area contributed by atoms with Gasteiger partial charge in [-0.1, -0.05) is 23.7 Å². The molecule has 2 aromatic rings. The standard InChI is InChI=1S/C11H10BrClN4O/c12-9-10(17-14)15-6-16-11(9)18-5-7-2-1-3-8(13)4-7/h1-4,6H,5,14H2,(H,15,16,17). The molecule has 18 heavy (non-hydrogen) atoms. The number of hydrogen-bond acceptors (Lipinski definition) is 5. The average Bonchev–Trinajstić information content (AvgIpc) is 2.38. The maximum absolute atomic E-state index is 5.89. The number of anilines is 1. The van der Waals surface area contributed by atoms with E-state index in [1.807, 2.05) is 24.3 Å². The third-order valence-electron chi connectivity index (χ3n) is 2.16. The number of nitrogens with two attached hydrogens (primary N) is 1. The van der Waals surface area contributed by atoms with Crippen LogP contribution in [-0.2, 0) is 6.61 Å². The highest BCUT2D eigenvalue weighted by atomic mass is 79.9. The predicted octanol–water partition coefficient (Wildman–Crippen LogP) is 2.76. The highest BCUT2D eigenvalue weighted by molar-refractivity contribution is 9.10. The molecule has 0 aliphatic heterocycles. The fourth-order valence-corrected chi connectivity index (χ4v) is 1.98. The van der Waals surface area contributed by atoms with Crippen LogP contribution in [0.4, 0.5) is 5.82 Å². The van der Waals surface area contributed by atoms with Crippen molar-refractivity contribution in [2.24, 2.45) is 5.84 Å². The zero-order valence-corrected chi connectivity index (χ0v) is 11.6. The third kappa shape index (κ3) is 3.10. The van der Waals surface area contributed by atoms with E-state index in [9.17, 15) is 0 Å². The Morgan fingerprint density at radius 3 is 2.94 bits per heavy atom. The number of rotatable bonds is 4. The zero-order valence-electron chi connectivity index (χ0n) is 9.23. The summed E-state index contributed by atoms with van der Waals surface area (Å²) in [7, 11) is 0. The summed E-state index contributed by atoms with van der Waals surface area (Å²) in [4.78, 5) is 7.95. The van der Waals surface area contributed by atoms with Crippen molar-refractivity contribution in [1.29, 1.82) is 0 Å². The van der Waals surface area contributed by atoms with Crippen LogP contribution < -0.4 is 16.0 Å². The van der Waals surface area contributed by atoms with Gasteiger partial charge in [-0.05, 0) is 33.6 Å². The van der Waals surface area contributed by atoms with Gasteiger partial charge >= 0.3 is 0 Å². The summed E-state index contributed by atoms with van der Waals surface area (Å²) in [5, 5.41) is 0.669. The van der Waals surface area contributed by atoms with E-state index in [1.54, 1.807) is 0 Å². The molecule has 0 amide bonds. The SMILES string of the molecule is NNc1ncnc(OCc2cccc(Cl)c2)c1Br. The van der Waals surface area contributed by atoms with Crippen molar-refractivity contribution in [2.75, 3.05) is 5.43 Å². The van der Waals surface area contributed by atoms with Gasteiger partial charge in [-0.25, -0.2) is 15.8 Å². The first-order valence-electron chi connectivity index (χ1n) is 5.05. The molecule has 0 saturated carbocycles. The van der Waals surface area contributed by atoms with Gasteiger partial charge in [-0.3, -0.25) is 0 Å². The topological polar surface area (TPSA) is 73.1 Å². The monoisotopic (exact) mass is 328 g/mol. The number of nitrogens with zero attached hydrogens (tertiary/aromatic N) is 2. The minimum atomic E-state index is 0.361. The van der Waals surface area contributed by atoms with Gasteiger partial charge in [-0.15, -0.1) is 0 Å². The van der Waals surface area contributed by atoms with Crippen molar-refractivity contribution < 1.29 is 4.74 Å².